The number of rotatable bonds is 3. The quantitative estimate of drug-likeness (QED) is 0.302. The number of hydrogen-bond acceptors (Lipinski definition) is 5. The Balaban J connectivity index is 0.000000126. The van der Waals surface area contributed by atoms with Crippen molar-refractivity contribution in [3.63, 3.8) is 0 Å². The van der Waals surface area contributed by atoms with Crippen LogP contribution in [0.5, 0.6) is 11.5 Å². The summed E-state index contributed by atoms with van der Waals surface area (Å²) in [5, 5.41) is 27.0. The second kappa shape index (κ2) is 13.9. The van der Waals surface area contributed by atoms with Crippen LogP contribution in [0.3, 0.4) is 0 Å². The fourth-order valence-electron chi connectivity index (χ4n) is 20.8. The zero-order valence-electron chi connectivity index (χ0n) is 38.4. The number of aryl methyl sites for hydroxylation is 2. The van der Waals surface area contributed by atoms with E-state index >= 15 is 0 Å². The number of ketones is 1. The summed E-state index contributed by atoms with van der Waals surface area (Å²) in [6.45, 7) is 4.74. The Morgan fingerprint density at radius 1 is 0.548 bits per heavy atom. The molecule has 2 aromatic rings. The lowest BCUT2D eigenvalue weighted by Crippen LogP contribution is -2.48. The number of oxime groups is 1. The van der Waals surface area contributed by atoms with Gasteiger partial charge in [-0.3, -0.25) is 4.79 Å². The topological polar surface area (TPSA) is 79.1 Å². The smallest absolute Gasteiger partial charge is 0.139 e. The predicted octanol–water partition coefficient (Wildman–Crippen LogP) is 13.0. The van der Waals surface area contributed by atoms with Crippen molar-refractivity contribution in [2.75, 3.05) is 7.11 Å². The van der Waals surface area contributed by atoms with Crippen molar-refractivity contribution in [1.29, 1.82) is 0 Å². The van der Waals surface area contributed by atoms with E-state index in [4.69, 9.17) is 4.84 Å². The molecule has 5 nitrogen and oxygen atoms in total. The molecule has 0 heterocycles. The van der Waals surface area contributed by atoms with Gasteiger partial charge in [0.15, 0.2) is 0 Å². The Morgan fingerprint density at radius 3 is 1.42 bits per heavy atom. The highest BCUT2D eigenvalue weighted by Gasteiger charge is 2.58. The summed E-state index contributed by atoms with van der Waals surface area (Å²) in [6, 6.07) is 9.44. The van der Waals surface area contributed by atoms with Gasteiger partial charge in [0, 0.05) is 28.4 Å². The van der Waals surface area contributed by atoms with Gasteiger partial charge in [-0.05, 0) is 264 Å². The fourth-order valence-corrected chi connectivity index (χ4v) is 20.8. The van der Waals surface area contributed by atoms with Gasteiger partial charge < -0.3 is 15.1 Å². The summed E-state index contributed by atoms with van der Waals surface area (Å²) in [4.78, 5) is 17.9. The molecule has 2 N–H and O–H groups in total. The van der Waals surface area contributed by atoms with Crippen LogP contribution in [0.25, 0.3) is 0 Å². The predicted molar refractivity (Wildman–Crippen MR) is 245 cm³/mol. The molecule has 12 saturated carbocycles. The maximum atomic E-state index is 12.7. The SMILES string of the molecule is CO/N=C1\CCC2C3CCc4cc(O)c(C56CC7CC(CC(C7)C5)C6)cc4C3CC[C@]12C.C[C@]12CCC3c4cc(C56CC7CC(CC(C7)C5)C6)c(O)cc4CCC3C1CCC2=O. The minimum Gasteiger partial charge on any atom is -0.508 e. The van der Waals surface area contributed by atoms with Crippen LogP contribution in [0.2, 0.25) is 0 Å². The summed E-state index contributed by atoms with van der Waals surface area (Å²) >= 11 is 0. The monoisotopic (exact) mass is 838 g/mol. The third-order valence-electron chi connectivity index (χ3n) is 22.6. The van der Waals surface area contributed by atoms with E-state index in [0.717, 1.165) is 85.9 Å². The zero-order valence-corrected chi connectivity index (χ0v) is 38.4. The number of hydrogen-bond donors (Lipinski definition) is 2. The van der Waals surface area contributed by atoms with Crippen molar-refractivity contribution in [3.05, 3.63) is 57.6 Å². The molecule has 0 aliphatic heterocycles. The number of nitrogens with zero attached hydrogens (tertiary/aromatic N) is 1. The summed E-state index contributed by atoms with van der Waals surface area (Å²) in [7, 11) is 1.70. The molecule has 8 bridgehead atoms. The van der Waals surface area contributed by atoms with Gasteiger partial charge in [-0.1, -0.05) is 31.1 Å². The summed E-state index contributed by atoms with van der Waals surface area (Å²) < 4.78 is 0. The standard InChI is InChI=1S/C29H39NO2.C28H36O2/c1-28-8-7-21-22(24(28)5-6-27(28)30-32-2)4-3-20-12-26(31)25(13-23(20)21)29-14-17-9-18(15-29)11-19(10-17)16-29;1-27-7-6-20-21(23(27)4-5-26(27)30)3-2-19-11-25(29)24(12-22(19)20)28-13-16-8-17(14-28)10-18(9-16)15-28/h12-13,17-19,21-22,24,31H,3-11,14-16H2,1-2H3;11-12,16-18,20-21,23,29H,2-10,13-15H2,1H3/b30-27+;/t17?,18?,19?,21?,22?,24?,28-,29?;16?,17?,18?,20?,21?,23?,27-,28?/m00/s1. The number of Topliss-reactive ketones (excluding diaryl/α,β-unsaturated/α-hetero) is 1. The number of phenolic OH excluding ortho intramolecular Hbond substituents is 2. The van der Waals surface area contributed by atoms with E-state index in [-0.39, 0.29) is 21.7 Å². The number of carbonyl (C=O) groups excluding carboxylic acids is 1. The molecule has 0 radical (unpaired) electrons. The molecule has 2 aromatic carbocycles. The summed E-state index contributed by atoms with van der Waals surface area (Å²) in [5.41, 5.74) is 10.7. The van der Waals surface area contributed by atoms with E-state index in [1.54, 1.807) is 18.2 Å². The molecule has 0 saturated heterocycles. The second-order valence-corrected chi connectivity index (χ2v) is 25.5. The maximum absolute atomic E-state index is 12.7. The molecular formula is C57H75NO4. The van der Waals surface area contributed by atoms with Gasteiger partial charge in [0.25, 0.3) is 0 Å². The van der Waals surface area contributed by atoms with E-state index in [2.05, 4.69) is 43.3 Å². The first kappa shape index (κ1) is 39.5. The lowest BCUT2D eigenvalue weighted by Gasteiger charge is -2.57. The largest absolute Gasteiger partial charge is 0.508 e. The third kappa shape index (κ3) is 5.68. The number of aromatic hydroxyl groups is 2. The van der Waals surface area contributed by atoms with E-state index in [0.29, 0.717) is 41.0 Å². The molecule has 8 atom stereocenters. The van der Waals surface area contributed by atoms with Gasteiger partial charge >= 0.3 is 0 Å². The van der Waals surface area contributed by atoms with Crippen LogP contribution in [0.4, 0.5) is 0 Å². The highest BCUT2D eigenvalue weighted by molar-refractivity contribution is 5.92. The molecule has 332 valence electrons. The molecule has 16 rings (SSSR count). The van der Waals surface area contributed by atoms with E-state index in [9.17, 15) is 15.0 Å². The molecule has 14 aliphatic rings. The average Bonchev–Trinajstić information content (AvgIpc) is 3.73. The second-order valence-electron chi connectivity index (χ2n) is 25.5. The van der Waals surface area contributed by atoms with Crippen molar-refractivity contribution in [2.24, 2.45) is 75.2 Å². The molecule has 0 aromatic heterocycles. The Morgan fingerprint density at radius 2 is 0.968 bits per heavy atom. The Labute approximate surface area is 372 Å². The van der Waals surface area contributed by atoms with Gasteiger partial charge in [-0.2, -0.15) is 0 Å². The molecule has 6 unspecified atom stereocenters. The van der Waals surface area contributed by atoms with E-state index in [1.807, 2.05) is 0 Å². The van der Waals surface area contributed by atoms with Crippen LogP contribution in [0.1, 0.15) is 200 Å². The van der Waals surface area contributed by atoms with E-state index in [1.165, 1.54) is 144 Å². The van der Waals surface area contributed by atoms with Crippen molar-refractivity contribution >= 4 is 11.5 Å². The van der Waals surface area contributed by atoms with Gasteiger partial charge in [0.2, 0.25) is 0 Å². The lowest BCUT2D eigenvalue weighted by atomic mass is 9.47. The van der Waals surface area contributed by atoms with Crippen LogP contribution in [-0.4, -0.2) is 28.8 Å². The number of benzene rings is 2. The van der Waals surface area contributed by atoms with Gasteiger partial charge in [-0.15, -0.1) is 0 Å². The van der Waals surface area contributed by atoms with Crippen LogP contribution >= 0.6 is 0 Å². The summed E-state index contributed by atoms with van der Waals surface area (Å²) in [6.07, 6.45) is 30.4. The molecule has 0 spiro atoms. The van der Waals surface area contributed by atoms with Gasteiger partial charge in [-0.25, -0.2) is 0 Å². The minimum absolute atomic E-state index is 0.0433. The maximum Gasteiger partial charge on any atom is 0.139 e. The molecule has 14 aliphatic carbocycles. The van der Waals surface area contributed by atoms with Crippen LogP contribution in [0, 0.1) is 70.0 Å². The minimum atomic E-state index is -0.0433. The highest BCUT2D eigenvalue weighted by Crippen LogP contribution is 2.66. The van der Waals surface area contributed by atoms with Crippen molar-refractivity contribution in [2.45, 2.75) is 191 Å². The third-order valence-corrected chi connectivity index (χ3v) is 22.6. The first-order chi connectivity index (χ1) is 29.9. The first-order valence-electron chi connectivity index (χ1n) is 26.3. The molecule has 5 heteroatoms. The average molecular weight is 838 g/mol. The number of carbonyl (C=O) groups is 1. The number of fused-ring (bicyclic) bond motifs is 10. The molecule has 0 amide bonds. The highest BCUT2D eigenvalue weighted by atomic mass is 16.6. The van der Waals surface area contributed by atoms with Crippen LogP contribution in [-0.2, 0) is 33.3 Å². The van der Waals surface area contributed by atoms with Crippen molar-refractivity contribution < 1.29 is 19.8 Å². The molecule has 12 fully saturated rings. The Bertz CT molecular complexity index is 2150. The first-order valence-corrected chi connectivity index (χ1v) is 26.3. The van der Waals surface area contributed by atoms with Crippen molar-refractivity contribution in [3.8, 4) is 11.5 Å². The van der Waals surface area contributed by atoms with Gasteiger partial charge in [0.1, 0.15) is 24.4 Å². The Hall–Kier alpha value is -2.82. The van der Waals surface area contributed by atoms with Crippen molar-refractivity contribution in [1.82, 2.24) is 0 Å². The Kier molecular flexibility index (Phi) is 8.83. The lowest BCUT2D eigenvalue weighted by molar-refractivity contribution is -0.129. The normalized spacial score (nSPS) is 47.8. The van der Waals surface area contributed by atoms with Crippen LogP contribution in [0.15, 0.2) is 29.4 Å². The van der Waals surface area contributed by atoms with Gasteiger partial charge in [0.05, 0.1) is 5.71 Å². The number of phenols is 2. The summed E-state index contributed by atoms with van der Waals surface area (Å²) in [5.74, 6) is 11.3. The van der Waals surface area contributed by atoms with E-state index < -0.39 is 0 Å². The van der Waals surface area contributed by atoms with Crippen LogP contribution < -0.4 is 0 Å². The fraction of sp³-hybridized carbons (Fsp3) is 0.754. The molecule has 62 heavy (non-hydrogen) atoms. The zero-order chi connectivity index (χ0) is 41.9. The molecular weight excluding hydrogens is 763 g/mol.